The lowest BCUT2D eigenvalue weighted by Crippen LogP contribution is -2.17. The van der Waals surface area contributed by atoms with E-state index in [2.05, 4.69) is 18.2 Å². The van der Waals surface area contributed by atoms with Crippen molar-refractivity contribution in [2.45, 2.75) is 23.0 Å². The summed E-state index contributed by atoms with van der Waals surface area (Å²) in [5, 5.41) is 0. The maximum atomic E-state index is 11.5. The maximum absolute atomic E-state index is 11.5. The van der Waals surface area contributed by atoms with Gasteiger partial charge in [0, 0.05) is 18.1 Å². The van der Waals surface area contributed by atoms with Crippen molar-refractivity contribution in [1.29, 1.82) is 0 Å². The average Bonchev–Trinajstić information content (AvgIpc) is 2.65. The van der Waals surface area contributed by atoms with Crippen LogP contribution < -0.4 is 10.5 Å². The number of benzene rings is 2. The number of carbonyl (C=O) groups excluding carboxylic acids is 1. The molecule has 2 aromatic rings. The summed E-state index contributed by atoms with van der Waals surface area (Å²) in [5.74, 6) is 1.45. The second-order valence-electron chi connectivity index (χ2n) is 5.09. The van der Waals surface area contributed by atoms with E-state index in [0.717, 1.165) is 22.0 Å². The van der Waals surface area contributed by atoms with Gasteiger partial charge in [-0.1, -0.05) is 36.4 Å². The van der Waals surface area contributed by atoms with Gasteiger partial charge >= 0.3 is 0 Å². The summed E-state index contributed by atoms with van der Waals surface area (Å²) < 4.78 is 5.48. The predicted octanol–water partition coefficient (Wildman–Crippen LogP) is 3.31. The van der Waals surface area contributed by atoms with Crippen LogP contribution >= 0.6 is 11.8 Å². The van der Waals surface area contributed by atoms with E-state index >= 15 is 0 Å². The minimum absolute atomic E-state index is 0.00111. The Hall–Kier alpha value is -1.94. The predicted molar refractivity (Wildman–Crippen MR) is 84.7 cm³/mol. The fourth-order valence-electron chi connectivity index (χ4n) is 2.87. The molecule has 21 heavy (non-hydrogen) atoms. The van der Waals surface area contributed by atoms with Crippen LogP contribution in [0.25, 0.3) is 0 Å². The van der Waals surface area contributed by atoms with Gasteiger partial charge < -0.3 is 10.5 Å². The first kappa shape index (κ1) is 14.0. The smallest absolute Gasteiger partial charge is 0.218 e. The van der Waals surface area contributed by atoms with Crippen molar-refractivity contribution in [3.63, 3.8) is 0 Å². The Labute approximate surface area is 128 Å². The third-order valence-electron chi connectivity index (χ3n) is 3.81. The molecule has 3 nitrogen and oxygen atoms in total. The van der Waals surface area contributed by atoms with Gasteiger partial charge in [0.1, 0.15) is 5.75 Å². The van der Waals surface area contributed by atoms with E-state index < -0.39 is 0 Å². The van der Waals surface area contributed by atoms with Gasteiger partial charge in [-0.05, 0) is 22.8 Å². The molecular weight excluding hydrogens is 282 g/mol. The van der Waals surface area contributed by atoms with Crippen LogP contribution in [0.5, 0.6) is 5.75 Å². The molecule has 2 N–H and O–H groups in total. The van der Waals surface area contributed by atoms with Crippen molar-refractivity contribution in [3.8, 4) is 5.75 Å². The van der Waals surface area contributed by atoms with Gasteiger partial charge in [-0.2, -0.15) is 0 Å². The first-order chi connectivity index (χ1) is 10.2. The molecule has 1 atom stereocenters. The number of hydrogen-bond acceptors (Lipinski definition) is 3. The molecule has 0 saturated carbocycles. The second kappa shape index (κ2) is 5.82. The summed E-state index contributed by atoms with van der Waals surface area (Å²) in [5.41, 5.74) is 9.06. The quantitative estimate of drug-likeness (QED) is 0.946. The molecule has 1 heterocycles. The third kappa shape index (κ3) is 2.63. The van der Waals surface area contributed by atoms with E-state index in [1.165, 1.54) is 11.1 Å². The number of rotatable bonds is 3. The second-order valence-corrected chi connectivity index (χ2v) is 6.07. The molecule has 0 radical (unpaired) electrons. The average molecular weight is 299 g/mol. The number of methoxy groups -OCH3 is 1. The van der Waals surface area contributed by atoms with E-state index in [9.17, 15) is 4.79 Å². The molecule has 1 aliphatic rings. The summed E-state index contributed by atoms with van der Waals surface area (Å²) >= 11 is 1.76. The third-order valence-corrected chi connectivity index (χ3v) is 4.99. The molecule has 3 rings (SSSR count). The van der Waals surface area contributed by atoms with Gasteiger partial charge in [-0.15, -0.1) is 11.8 Å². The Morgan fingerprint density at radius 1 is 1.24 bits per heavy atom. The molecule has 1 amide bonds. The topological polar surface area (TPSA) is 52.3 Å². The molecule has 0 fully saturated rings. The van der Waals surface area contributed by atoms with Gasteiger partial charge in [0.25, 0.3) is 0 Å². The zero-order chi connectivity index (χ0) is 14.8. The SMILES string of the molecule is COc1cccc2c1SCc1ccccc1[C@@H]2CC(N)=O. The van der Waals surface area contributed by atoms with E-state index in [0.29, 0.717) is 6.42 Å². The molecular formula is C17H17NO2S. The lowest BCUT2D eigenvalue weighted by molar-refractivity contribution is -0.118. The van der Waals surface area contributed by atoms with Crippen molar-refractivity contribution in [2.75, 3.05) is 7.11 Å². The van der Waals surface area contributed by atoms with Gasteiger partial charge in [0.15, 0.2) is 0 Å². The number of carbonyl (C=O) groups is 1. The summed E-state index contributed by atoms with van der Waals surface area (Å²) in [6.07, 6.45) is 0.317. The molecule has 0 spiro atoms. The summed E-state index contributed by atoms with van der Waals surface area (Å²) in [6.45, 7) is 0. The Morgan fingerprint density at radius 3 is 2.76 bits per heavy atom. The minimum atomic E-state index is -0.282. The number of amides is 1. The standard InChI is InChI=1S/C17H17NO2S/c1-20-15-8-4-7-13-14(9-16(18)19)12-6-3-2-5-11(12)10-21-17(13)15/h2-8,14H,9-10H2,1H3,(H2,18,19)/t14-/m0/s1. The summed E-state index contributed by atoms with van der Waals surface area (Å²) in [7, 11) is 1.68. The fourth-order valence-corrected chi connectivity index (χ4v) is 4.10. The molecule has 4 heteroatoms. The highest BCUT2D eigenvalue weighted by molar-refractivity contribution is 7.98. The Balaban J connectivity index is 2.18. The van der Waals surface area contributed by atoms with Crippen LogP contribution in [0, 0.1) is 0 Å². The lowest BCUT2D eigenvalue weighted by atomic mass is 9.86. The highest BCUT2D eigenvalue weighted by Crippen LogP contribution is 2.45. The van der Waals surface area contributed by atoms with Crippen LogP contribution in [0.15, 0.2) is 47.4 Å². The monoisotopic (exact) mass is 299 g/mol. The molecule has 0 aromatic heterocycles. The van der Waals surface area contributed by atoms with Crippen molar-refractivity contribution < 1.29 is 9.53 Å². The molecule has 1 aliphatic heterocycles. The number of ether oxygens (including phenoxy) is 1. The van der Waals surface area contributed by atoms with E-state index in [1.54, 1.807) is 18.9 Å². The highest BCUT2D eigenvalue weighted by atomic mass is 32.2. The van der Waals surface area contributed by atoms with Crippen LogP contribution in [0.2, 0.25) is 0 Å². The number of nitrogens with two attached hydrogens (primary N) is 1. The number of fused-ring (bicyclic) bond motifs is 2. The van der Waals surface area contributed by atoms with Gasteiger partial charge in [-0.25, -0.2) is 0 Å². The Morgan fingerprint density at radius 2 is 2.00 bits per heavy atom. The first-order valence-electron chi connectivity index (χ1n) is 6.86. The molecule has 0 unspecified atom stereocenters. The zero-order valence-electron chi connectivity index (χ0n) is 11.8. The molecule has 0 saturated heterocycles. The van der Waals surface area contributed by atoms with E-state index in [-0.39, 0.29) is 11.8 Å². The van der Waals surface area contributed by atoms with Crippen molar-refractivity contribution in [1.82, 2.24) is 0 Å². The summed E-state index contributed by atoms with van der Waals surface area (Å²) in [4.78, 5) is 12.7. The van der Waals surface area contributed by atoms with Crippen molar-refractivity contribution >= 4 is 17.7 Å². The lowest BCUT2D eigenvalue weighted by Gasteiger charge is -2.19. The Bertz CT molecular complexity index is 684. The van der Waals surface area contributed by atoms with E-state index in [1.807, 2.05) is 24.3 Å². The molecule has 108 valence electrons. The largest absolute Gasteiger partial charge is 0.496 e. The van der Waals surface area contributed by atoms with Crippen LogP contribution in [0.4, 0.5) is 0 Å². The van der Waals surface area contributed by atoms with Crippen molar-refractivity contribution in [3.05, 3.63) is 59.2 Å². The van der Waals surface area contributed by atoms with E-state index in [4.69, 9.17) is 10.5 Å². The number of primary amides is 1. The fraction of sp³-hybridized carbons (Fsp3) is 0.235. The Kier molecular flexibility index (Phi) is 3.88. The van der Waals surface area contributed by atoms with Crippen LogP contribution in [-0.2, 0) is 10.5 Å². The summed E-state index contributed by atoms with van der Waals surface area (Å²) in [6, 6.07) is 14.3. The molecule has 0 aliphatic carbocycles. The van der Waals surface area contributed by atoms with Crippen LogP contribution in [0.1, 0.15) is 29.0 Å². The van der Waals surface area contributed by atoms with Crippen LogP contribution in [0.3, 0.4) is 0 Å². The molecule has 2 aromatic carbocycles. The van der Waals surface area contributed by atoms with Crippen molar-refractivity contribution in [2.24, 2.45) is 5.73 Å². The van der Waals surface area contributed by atoms with Gasteiger partial charge in [0.05, 0.1) is 12.0 Å². The number of hydrogen-bond donors (Lipinski definition) is 1. The number of thioether (sulfide) groups is 1. The normalized spacial score (nSPS) is 16.5. The maximum Gasteiger partial charge on any atom is 0.218 e. The van der Waals surface area contributed by atoms with Crippen LogP contribution in [-0.4, -0.2) is 13.0 Å². The highest BCUT2D eigenvalue weighted by Gasteiger charge is 2.27. The van der Waals surface area contributed by atoms with Gasteiger partial charge in [-0.3, -0.25) is 4.79 Å². The minimum Gasteiger partial charge on any atom is -0.496 e. The van der Waals surface area contributed by atoms with Gasteiger partial charge in [0.2, 0.25) is 5.91 Å². The zero-order valence-corrected chi connectivity index (χ0v) is 12.7. The first-order valence-corrected chi connectivity index (χ1v) is 7.85. The molecule has 0 bridgehead atoms.